The molecule has 0 fully saturated rings. The van der Waals surface area contributed by atoms with Gasteiger partial charge < -0.3 is 20.5 Å². The summed E-state index contributed by atoms with van der Waals surface area (Å²) in [4.78, 5) is 23.9. The standard InChI is InChI=1S/C19H17F3N2O4/c20-19(21,22)28-15-7-5-14(6-8-15)24-17(26)16(25)23-11-18(27)9-12-3-1-2-4-13(12)10-18/h1-8,27H,9-11H2,(H,23,25)(H,24,26). The Morgan fingerprint density at radius 3 is 2.11 bits per heavy atom. The molecule has 2 aromatic carbocycles. The topological polar surface area (TPSA) is 87.7 Å². The first-order valence-corrected chi connectivity index (χ1v) is 8.38. The van der Waals surface area contributed by atoms with Crippen LogP contribution in [-0.2, 0) is 22.4 Å². The lowest BCUT2D eigenvalue weighted by molar-refractivity contribution is -0.274. The number of fused-ring (bicyclic) bond motifs is 1. The number of anilines is 1. The monoisotopic (exact) mass is 394 g/mol. The first-order chi connectivity index (χ1) is 13.1. The molecule has 9 heteroatoms. The quantitative estimate of drug-likeness (QED) is 0.694. The number of benzene rings is 2. The zero-order valence-corrected chi connectivity index (χ0v) is 14.5. The van der Waals surface area contributed by atoms with Crippen LogP contribution in [0.4, 0.5) is 18.9 Å². The normalized spacial score (nSPS) is 14.9. The van der Waals surface area contributed by atoms with Crippen LogP contribution in [0.1, 0.15) is 11.1 Å². The Morgan fingerprint density at radius 1 is 1.00 bits per heavy atom. The number of carbonyl (C=O) groups excluding carboxylic acids is 2. The highest BCUT2D eigenvalue weighted by Crippen LogP contribution is 2.29. The van der Waals surface area contributed by atoms with Gasteiger partial charge in [0.1, 0.15) is 5.75 Å². The molecule has 2 amide bonds. The molecule has 0 aromatic heterocycles. The molecular formula is C19H17F3N2O4. The van der Waals surface area contributed by atoms with Crippen molar-refractivity contribution in [1.82, 2.24) is 5.32 Å². The maximum atomic E-state index is 12.1. The summed E-state index contributed by atoms with van der Waals surface area (Å²) < 4.78 is 40.1. The van der Waals surface area contributed by atoms with Gasteiger partial charge in [-0.25, -0.2) is 0 Å². The molecule has 0 aliphatic heterocycles. The van der Waals surface area contributed by atoms with E-state index >= 15 is 0 Å². The van der Waals surface area contributed by atoms with Gasteiger partial charge in [0.25, 0.3) is 0 Å². The number of halogens is 3. The van der Waals surface area contributed by atoms with Gasteiger partial charge in [0, 0.05) is 25.1 Å². The largest absolute Gasteiger partial charge is 0.573 e. The minimum absolute atomic E-state index is 0.105. The van der Waals surface area contributed by atoms with Gasteiger partial charge in [-0.15, -0.1) is 13.2 Å². The predicted octanol–water partition coefficient (Wildman–Crippen LogP) is 2.17. The number of ether oxygens (including phenoxy) is 1. The van der Waals surface area contributed by atoms with Crippen molar-refractivity contribution in [2.24, 2.45) is 0 Å². The highest BCUT2D eigenvalue weighted by atomic mass is 19.4. The molecule has 3 rings (SSSR count). The summed E-state index contributed by atoms with van der Waals surface area (Å²) in [5.41, 5.74) is 0.937. The fraction of sp³-hybridized carbons (Fsp3) is 0.263. The van der Waals surface area contributed by atoms with Crippen molar-refractivity contribution in [2.75, 3.05) is 11.9 Å². The highest BCUT2D eigenvalue weighted by molar-refractivity contribution is 6.39. The number of hydrogen-bond donors (Lipinski definition) is 3. The molecule has 0 bridgehead atoms. The molecular weight excluding hydrogens is 377 g/mol. The molecule has 6 nitrogen and oxygen atoms in total. The van der Waals surface area contributed by atoms with E-state index in [-0.39, 0.29) is 12.2 Å². The number of amides is 2. The van der Waals surface area contributed by atoms with E-state index in [1.54, 1.807) is 0 Å². The van der Waals surface area contributed by atoms with E-state index in [1.807, 2.05) is 24.3 Å². The predicted molar refractivity (Wildman–Crippen MR) is 93.6 cm³/mol. The van der Waals surface area contributed by atoms with Crippen LogP contribution in [0.2, 0.25) is 0 Å². The van der Waals surface area contributed by atoms with E-state index in [1.165, 1.54) is 12.1 Å². The second-order valence-corrected chi connectivity index (χ2v) is 6.56. The van der Waals surface area contributed by atoms with Crippen molar-refractivity contribution in [3.05, 3.63) is 59.7 Å². The minimum atomic E-state index is -4.81. The molecule has 2 aromatic rings. The zero-order chi connectivity index (χ0) is 20.4. The Bertz CT molecular complexity index is 856. The molecule has 148 valence electrons. The fourth-order valence-corrected chi connectivity index (χ4v) is 3.05. The van der Waals surface area contributed by atoms with Crippen LogP contribution in [0.15, 0.2) is 48.5 Å². The maximum absolute atomic E-state index is 12.1. The summed E-state index contributed by atoms with van der Waals surface area (Å²) in [6.07, 6.45) is -4.08. The Kier molecular flexibility index (Phi) is 5.28. The minimum Gasteiger partial charge on any atom is -0.406 e. The van der Waals surface area contributed by atoms with Gasteiger partial charge >= 0.3 is 18.2 Å². The lowest BCUT2D eigenvalue weighted by Crippen LogP contribution is -2.46. The van der Waals surface area contributed by atoms with Crippen molar-refractivity contribution in [3.63, 3.8) is 0 Å². The second kappa shape index (κ2) is 7.51. The van der Waals surface area contributed by atoms with Gasteiger partial charge in [-0.3, -0.25) is 9.59 Å². The second-order valence-electron chi connectivity index (χ2n) is 6.56. The average Bonchev–Trinajstić information content (AvgIpc) is 2.96. The first-order valence-electron chi connectivity index (χ1n) is 8.38. The van der Waals surface area contributed by atoms with E-state index in [4.69, 9.17) is 0 Å². The summed E-state index contributed by atoms with van der Waals surface area (Å²) in [6.45, 7) is -0.105. The van der Waals surface area contributed by atoms with Gasteiger partial charge in [-0.05, 0) is 35.4 Å². The lowest BCUT2D eigenvalue weighted by atomic mass is 10.0. The highest BCUT2D eigenvalue weighted by Gasteiger charge is 2.35. The van der Waals surface area contributed by atoms with Crippen LogP contribution in [0.3, 0.4) is 0 Å². The van der Waals surface area contributed by atoms with E-state index < -0.39 is 29.5 Å². The number of aliphatic hydroxyl groups is 1. The molecule has 0 radical (unpaired) electrons. The summed E-state index contributed by atoms with van der Waals surface area (Å²) in [7, 11) is 0. The molecule has 0 saturated carbocycles. The fourth-order valence-electron chi connectivity index (χ4n) is 3.05. The number of carbonyl (C=O) groups is 2. The number of alkyl halides is 3. The third kappa shape index (κ3) is 5.01. The summed E-state index contributed by atoms with van der Waals surface area (Å²) >= 11 is 0. The molecule has 0 saturated heterocycles. The van der Waals surface area contributed by atoms with E-state index in [9.17, 15) is 27.9 Å². The van der Waals surface area contributed by atoms with Gasteiger partial charge in [0.2, 0.25) is 0 Å². The Hall–Kier alpha value is -3.07. The van der Waals surface area contributed by atoms with Crippen LogP contribution >= 0.6 is 0 Å². The van der Waals surface area contributed by atoms with Crippen molar-refractivity contribution in [1.29, 1.82) is 0 Å². The van der Waals surface area contributed by atoms with E-state index in [2.05, 4.69) is 15.4 Å². The van der Waals surface area contributed by atoms with Crippen molar-refractivity contribution < 1.29 is 32.6 Å². The third-order valence-electron chi connectivity index (χ3n) is 4.29. The molecule has 0 unspecified atom stereocenters. The maximum Gasteiger partial charge on any atom is 0.573 e. The SMILES string of the molecule is O=C(NCC1(O)Cc2ccccc2C1)C(=O)Nc1ccc(OC(F)(F)F)cc1. The van der Waals surface area contributed by atoms with Crippen molar-refractivity contribution >= 4 is 17.5 Å². The van der Waals surface area contributed by atoms with Crippen LogP contribution in [0, 0.1) is 0 Å². The van der Waals surface area contributed by atoms with Gasteiger partial charge in [-0.2, -0.15) is 0 Å². The van der Waals surface area contributed by atoms with Crippen LogP contribution in [-0.4, -0.2) is 35.4 Å². The molecule has 0 atom stereocenters. The van der Waals surface area contributed by atoms with Crippen LogP contribution in [0.5, 0.6) is 5.75 Å². The zero-order valence-electron chi connectivity index (χ0n) is 14.5. The van der Waals surface area contributed by atoms with Crippen LogP contribution in [0.25, 0.3) is 0 Å². The molecule has 0 spiro atoms. The third-order valence-corrected chi connectivity index (χ3v) is 4.29. The van der Waals surface area contributed by atoms with Crippen molar-refractivity contribution in [2.45, 2.75) is 24.8 Å². The smallest absolute Gasteiger partial charge is 0.406 e. The molecule has 1 aliphatic rings. The molecule has 3 N–H and O–H groups in total. The molecule has 28 heavy (non-hydrogen) atoms. The van der Waals surface area contributed by atoms with Gasteiger partial charge in [-0.1, -0.05) is 24.3 Å². The lowest BCUT2D eigenvalue weighted by Gasteiger charge is -2.22. The Labute approximate surface area is 158 Å². The Balaban J connectivity index is 1.51. The van der Waals surface area contributed by atoms with E-state index in [0.29, 0.717) is 12.8 Å². The average molecular weight is 394 g/mol. The van der Waals surface area contributed by atoms with Gasteiger partial charge in [0.15, 0.2) is 0 Å². The summed E-state index contributed by atoms with van der Waals surface area (Å²) in [5, 5.41) is 15.3. The summed E-state index contributed by atoms with van der Waals surface area (Å²) in [5.74, 6) is -2.40. The number of rotatable bonds is 4. The molecule has 1 aliphatic carbocycles. The van der Waals surface area contributed by atoms with Gasteiger partial charge in [0.05, 0.1) is 5.60 Å². The number of nitrogens with one attached hydrogen (secondary N) is 2. The summed E-state index contributed by atoms with van der Waals surface area (Å²) in [6, 6.07) is 11.9. The Morgan fingerprint density at radius 2 is 1.57 bits per heavy atom. The first kappa shape index (κ1) is 19.7. The van der Waals surface area contributed by atoms with Crippen molar-refractivity contribution in [3.8, 4) is 5.75 Å². The molecule has 0 heterocycles. The van der Waals surface area contributed by atoms with E-state index in [0.717, 1.165) is 23.3 Å². The number of hydrogen-bond acceptors (Lipinski definition) is 4. The van der Waals surface area contributed by atoms with Crippen LogP contribution < -0.4 is 15.4 Å².